The molecule has 0 spiro atoms. The summed E-state index contributed by atoms with van der Waals surface area (Å²) in [5, 5.41) is 9.84. The van der Waals surface area contributed by atoms with Crippen LogP contribution in [0.2, 0.25) is 0 Å². The first-order valence-corrected chi connectivity index (χ1v) is 16.1. The number of aromatic carboxylic acids is 1. The average molecular weight is 585 g/mol. The molecule has 0 heterocycles. The predicted molar refractivity (Wildman–Crippen MR) is 177 cm³/mol. The van der Waals surface area contributed by atoms with Gasteiger partial charge in [-0.15, -0.1) is 0 Å². The predicted octanol–water partition coefficient (Wildman–Crippen LogP) is 10.8. The maximum atomic E-state index is 12.0. The van der Waals surface area contributed by atoms with Crippen molar-refractivity contribution in [2.24, 2.45) is 17.8 Å². The quantitative estimate of drug-likeness (QED) is 0.137. The second kappa shape index (κ2) is 21.1. The molecule has 0 fully saturated rings. The molecule has 3 atom stereocenters. The van der Waals surface area contributed by atoms with Gasteiger partial charge in [-0.2, -0.15) is 0 Å². The SMILES string of the molecule is CC(C)=CCC[C@@H](C)CCOc1cc(C(=O)O)cc(OCC[C@H](C)CCC=C(C)C)c1OCC[C@H](C)CCC=C(C)C. The van der Waals surface area contributed by atoms with Crippen LogP contribution < -0.4 is 14.2 Å². The molecule has 0 aliphatic heterocycles. The third kappa shape index (κ3) is 17.3. The molecule has 0 radical (unpaired) electrons. The molecule has 0 aliphatic carbocycles. The van der Waals surface area contributed by atoms with Crippen molar-refractivity contribution in [2.45, 2.75) is 120 Å². The van der Waals surface area contributed by atoms with Crippen molar-refractivity contribution >= 4 is 5.97 Å². The number of carbonyl (C=O) groups is 1. The van der Waals surface area contributed by atoms with Crippen LogP contribution in [0, 0.1) is 17.8 Å². The normalized spacial score (nSPS) is 13.0. The molecular formula is C37H60O5. The number of carboxylic acids is 1. The smallest absolute Gasteiger partial charge is 0.335 e. The van der Waals surface area contributed by atoms with Crippen LogP contribution in [0.25, 0.3) is 0 Å². The monoisotopic (exact) mass is 584 g/mol. The first kappa shape index (κ1) is 37.3. The van der Waals surface area contributed by atoms with Crippen molar-refractivity contribution < 1.29 is 24.1 Å². The van der Waals surface area contributed by atoms with Gasteiger partial charge in [-0.05, 0) is 129 Å². The summed E-state index contributed by atoms with van der Waals surface area (Å²) >= 11 is 0. The highest BCUT2D eigenvalue weighted by atomic mass is 16.5. The summed E-state index contributed by atoms with van der Waals surface area (Å²) < 4.78 is 18.8. The maximum absolute atomic E-state index is 12.0. The molecule has 5 heteroatoms. The zero-order valence-electron chi connectivity index (χ0n) is 28.2. The lowest BCUT2D eigenvalue weighted by molar-refractivity contribution is 0.0695. The van der Waals surface area contributed by atoms with Crippen LogP contribution in [-0.4, -0.2) is 30.9 Å². The van der Waals surface area contributed by atoms with E-state index in [0.717, 1.165) is 57.8 Å². The van der Waals surface area contributed by atoms with Crippen LogP contribution in [0.3, 0.4) is 0 Å². The molecule has 0 bridgehead atoms. The van der Waals surface area contributed by atoms with E-state index in [4.69, 9.17) is 14.2 Å². The Morgan fingerprint density at radius 3 is 1.26 bits per heavy atom. The van der Waals surface area contributed by atoms with Crippen LogP contribution in [0.1, 0.15) is 130 Å². The van der Waals surface area contributed by atoms with E-state index >= 15 is 0 Å². The van der Waals surface area contributed by atoms with Crippen molar-refractivity contribution in [1.29, 1.82) is 0 Å². The highest BCUT2D eigenvalue weighted by Crippen LogP contribution is 2.40. The molecule has 0 aliphatic rings. The summed E-state index contributed by atoms with van der Waals surface area (Å²) in [7, 11) is 0. The number of benzene rings is 1. The molecular weight excluding hydrogens is 524 g/mol. The zero-order valence-corrected chi connectivity index (χ0v) is 28.2. The molecule has 0 saturated carbocycles. The topological polar surface area (TPSA) is 65.0 Å². The molecule has 1 N–H and O–H groups in total. The van der Waals surface area contributed by atoms with E-state index in [9.17, 15) is 9.90 Å². The highest BCUT2D eigenvalue weighted by Gasteiger charge is 2.20. The second-order valence-electron chi connectivity index (χ2n) is 12.9. The number of hydrogen-bond acceptors (Lipinski definition) is 4. The Morgan fingerprint density at radius 1 is 0.619 bits per heavy atom. The fourth-order valence-corrected chi connectivity index (χ4v) is 4.56. The molecule has 1 aromatic carbocycles. The first-order valence-electron chi connectivity index (χ1n) is 16.1. The van der Waals surface area contributed by atoms with Gasteiger partial charge in [-0.3, -0.25) is 0 Å². The molecule has 1 rings (SSSR count). The summed E-state index contributed by atoms with van der Waals surface area (Å²) in [4.78, 5) is 12.0. The van der Waals surface area contributed by atoms with Crippen molar-refractivity contribution in [3.05, 3.63) is 52.6 Å². The Morgan fingerprint density at radius 2 is 0.952 bits per heavy atom. The van der Waals surface area contributed by atoms with Gasteiger partial charge in [0.1, 0.15) is 0 Å². The Bertz CT molecular complexity index is 952. The number of allylic oxidation sites excluding steroid dienone is 6. The van der Waals surface area contributed by atoms with E-state index in [1.807, 2.05) is 0 Å². The highest BCUT2D eigenvalue weighted by molar-refractivity contribution is 5.89. The number of ether oxygens (including phenoxy) is 3. The molecule has 0 aromatic heterocycles. The second-order valence-corrected chi connectivity index (χ2v) is 12.9. The molecule has 42 heavy (non-hydrogen) atoms. The largest absolute Gasteiger partial charge is 0.490 e. The molecule has 0 saturated heterocycles. The van der Waals surface area contributed by atoms with Gasteiger partial charge in [0.15, 0.2) is 11.5 Å². The van der Waals surface area contributed by atoms with Crippen LogP contribution in [0.5, 0.6) is 17.2 Å². The molecule has 238 valence electrons. The van der Waals surface area contributed by atoms with Gasteiger partial charge in [-0.25, -0.2) is 4.79 Å². The van der Waals surface area contributed by atoms with Gasteiger partial charge in [-0.1, -0.05) is 55.7 Å². The minimum absolute atomic E-state index is 0.149. The maximum Gasteiger partial charge on any atom is 0.335 e. The third-order valence-electron chi connectivity index (χ3n) is 7.50. The summed E-state index contributed by atoms with van der Waals surface area (Å²) in [6.07, 6.45) is 16.0. The molecule has 0 amide bonds. The van der Waals surface area contributed by atoms with Gasteiger partial charge >= 0.3 is 5.97 Å². The molecule has 1 aromatic rings. The van der Waals surface area contributed by atoms with E-state index < -0.39 is 5.97 Å². The Labute approximate surface area is 257 Å². The standard InChI is InChI=1S/C37H60O5/c1-27(2)13-10-16-30(7)19-22-40-34-25-33(37(38)39)26-35(41-23-20-31(8)17-11-14-28(3)4)36(34)42-24-21-32(9)18-12-15-29(5)6/h13-15,25-26,30-32H,10-12,16-24H2,1-9H3,(H,38,39)/t30-,31-,32-/m1/s1. The Kier molecular flexibility index (Phi) is 18.7. The lowest BCUT2D eigenvalue weighted by Crippen LogP contribution is -2.11. The van der Waals surface area contributed by atoms with E-state index in [2.05, 4.69) is 80.5 Å². The Hall–Kier alpha value is -2.69. The Balaban J connectivity index is 3.02. The summed E-state index contributed by atoms with van der Waals surface area (Å²) in [5.41, 5.74) is 4.17. The molecule has 5 nitrogen and oxygen atoms in total. The first-order chi connectivity index (χ1) is 19.9. The van der Waals surface area contributed by atoms with Crippen molar-refractivity contribution in [2.75, 3.05) is 19.8 Å². The number of rotatable bonds is 22. The average Bonchev–Trinajstić information content (AvgIpc) is 2.89. The van der Waals surface area contributed by atoms with Gasteiger partial charge in [0.25, 0.3) is 0 Å². The fourth-order valence-electron chi connectivity index (χ4n) is 4.56. The summed E-state index contributed by atoms with van der Waals surface area (Å²) in [5.74, 6) is 1.93. The van der Waals surface area contributed by atoms with Crippen molar-refractivity contribution in [1.82, 2.24) is 0 Å². The van der Waals surface area contributed by atoms with Gasteiger partial charge in [0.05, 0.1) is 25.4 Å². The van der Waals surface area contributed by atoms with Crippen LogP contribution in [0.4, 0.5) is 0 Å². The van der Waals surface area contributed by atoms with E-state index in [1.165, 1.54) is 16.7 Å². The van der Waals surface area contributed by atoms with E-state index in [0.29, 0.717) is 54.8 Å². The number of hydrogen-bond donors (Lipinski definition) is 1. The molecule has 0 unspecified atom stereocenters. The van der Waals surface area contributed by atoms with Gasteiger partial charge < -0.3 is 19.3 Å². The number of carboxylic acid groups (broad SMARTS) is 1. The van der Waals surface area contributed by atoms with Crippen LogP contribution >= 0.6 is 0 Å². The lowest BCUT2D eigenvalue weighted by Gasteiger charge is -2.20. The van der Waals surface area contributed by atoms with Crippen LogP contribution in [-0.2, 0) is 0 Å². The lowest BCUT2D eigenvalue weighted by atomic mass is 10.0. The van der Waals surface area contributed by atoms with Crippen molar-refractivity contribution in [3.63, 3.8) is 0 Å². The fraction of sp³-hybridized carbons (Fsp3) is 0.649. The minimum Gasteiger partial charge on any atom is -0.490 e. The summed E-state index contributed by atoms with van der Waals surface area (Å²) in [6, 6.07) is 3.16. The van der Waals surface area contributed by atoms with E-state index in [-0.39, 0.29) is 5.56 Å². The minimum atomic E-state index is -1.01. The van der Waals surface area contributed by atoms with Gasteiger partial charge in [0, 0.05) is 0 Å². The third-order valence-corrected chi connectivity index (χ3v) is 7.50. The zero-order chi connectivity index (χ0) is 31.5. The van der Waals surface area contributed by atoms with Crippen LogP contribution in [0.15, 0.2) is 47.1 Å². The summed E-state index contributed by atoms with van der Waals surface area (Å²) in [6.45, 7) is 21.0. The van der Waals surface area contributed by atoms with E-state index in [1.54, 1.807) is 12.1 Å². The van der Waals surface area contributed by atoms with Crippen molar-refractivity contribution in [3.8, 4) is 17.2 Å². The van der Waals surface area contributed by atoms with Gasteiger partial charge in [0.2, 0.25) is 5.75 Å².